The molecule has 6 heteroatoms. The van der Waals surface area contributed by atoms with Gasteiger partial charge in [0.25, 0.3) is 5.91 Å². The molecule has 6 nitrogen and oxygen atoms in total. The molecule has 1 aliphatic rings. The fourth-order valence-electron chi connectivity index (χ4n) is 4.20. The van der Waals surface area contributed by atoms with E-state index in [0.717, 1.165) is 16.8 Å². The van der Waals surface area contributed by atoms with Gasteiger partial charge in [-0.25, -0.2) is 0 Å². The fourth-order valence-corrected chi connectivity index (χ4v) is 4.20. The van der Waals surface area contributed by atoms with E-state index in [-0.39, 0.29) is 17.1 Å². The summed E-state index contributed by atoms with van der Waals surface area (Å²) >= 11 is 0. The maximum absolute atomic E-state index is 13.7. The van der Waals surface area contributed by atoms with Crippen molar-refractivity contribution in [2.75, 3.05) is 4.90 Å². The van der Waals surface area contributed by atoms with E-state index in [4.69, 9.17) is 5.73 Å². The minimum absolute atomic E-state index is 0.0572. The molecule has 0 bridgehead atoms. The summed E-state index contributed by atoms with van der Waals surface area (Å²) in [5.74, 6) is 0.359. The molecule has 0 fully saturated rings. The summed E-state index contributed by atoms with van der Waals surface area (Å²) in [6.07, 6.45) is 0. The number of hydrogen-bond acceptors (Lipinski definition) is 5. The zero-order chi connectivity index (χ0) is 24.6. The first kappa shape index (κ1) is 23.4. The van der Waals surface area contributed by atoms with Crippen LogP contribution >= 0.6 is 0 Å². The maximum Gasteiger partial charge on any atom is 0.276 e. The van der Waals surface area contributed by atoms with Crippen molar-refractivity contribution in [3.05, 3.63) is 99.9 Å². The quantitative estimate of drug-likeness (QED) is 0.516. The van der Waals surface area contributed by atoms with Crippen molar-refractivity contribution in [1.29, 1.82) is 0 Å². The second kappa shape index (κ2) is 9.21. The molecule has 1 aliphatic heterocycles. The number of aryl methyl sites for hydroxylation is 1. The molecule has 2 heterocycles. The van der Waals surface area contributed by atoms with Crippen molar-refractivity contribution >= 4 is 17.5 Å². The molecule has 174 valence electrons. The third-order valence-corrected chi connectivity index (χ3v) is 6.30. The van der Waals surface area contributed by atoms with Crippen LogP contribution in [0, 0.1) is 6.92 Å². The number of nitrogens with zero attached hydrogens (tertiary/aromatic N) is 3. The number of carbonyl (C=O) groups excluding carboxylic acids is 2. The van der Waals surface area contributed by atoms with Gasteiger partial charge in [-0.1, -0.05) is 76.2 Å². The monoisotopic (exact) mass is 454 g/mol. The summed E-state index contributed by atoms with van der Waals surface area (Å²) in [4.78, 5) is 28.6. The van der Waals surface area contributed by atoms with Gasteiger partial charge in [-0.15, -0.1) is 5.10 Å². The number of nitrogens with two attached hydrogens (primary N) is 1. The zero-order valence-corrected chi connectivity index (χ0v) is 20.2. The molecule has 3 aromatic rings. The van der Waals surface area contributed by atoms with Crippen LogP contribution in [0.1, 0.15) is 78.3 Å². The van der Waals surface area contributed by atoms with Gasteiger partial charge in [-0.2, -0.15) is 5.10 Å². The molecule has 0 aliphatic carbocycles. The first-order valence-corrected chi connectivity index (χ1v) is 11.6. The Morgan fingerprint density at radius 3 is 1.91 bits per heavy atom. The van der Waals surface area contributed by atoms with Crippen LogP contribution in [0.5, 0.6) is 0 Å². The molecule has 2 aromatic carbocycles. The van der Waals surface area contributed by atoms with Crippen LogP contribution in [0.3, 0.4) is 0 Å². The lowest BCUT2D eigenvalue weighted by Crippen LogP contribution is -2.32. The van der Waals surface area contributed by atoms with Gasteiger partial charge in [0.1, 0.15) is 5.70 Å². The minimum Gasteiger partial charge on any atom is -0.394 e. The average Bonchev–Trinajstić information content (AvgIpc) is 3.09. The largest absolute Gasteiger partial charge is 0.394 e. The highest BCUT2D eigenvalue weighted by atomic mass is 16.2. The Bertz CT molecular complexity index is 1240. The van der Waals surface area contributed by atoms with E-state index < -0.39 is 11.9 Å². The fraction of sp³-hybridized carbons (Fsp3) is 0.286. The van der Waals surface area contributed by atoms with Crippen LogP contribution in [0.25, 0.3) is 0 Å². The van der Waals surface area contributed by atoms with Gasteiger partial charge in [-0.3, -0.25) is 14.5 Å². The minimum atomic E-state index is -0.692. The van der Waals surface area contributed by atoms with Crippen molar-refractivity contribution < 1.29 is 9.59 Å². The van der Waals surface area contributed by atoms with E-state index >= 15 is 0 Å². The van der Waals surface area contributed by atoms with Gasteiger partial charge in [0.15, 0.2) is 11.6 Å². The van der Waals surface area contributed by atoms with Gasteiger partial charge >= 0.3 is 0 Å². The Kier molecular flexibility index (Phi) is 6.33. The summed E-state index contributed by atoms with van der Waals surface area (Å²) in [6.45, 7) is 10.3. The summed E-state index contributed by atoms with van der Waals surface area (Å²) < 4.78 is 0. The lowest BCUT2D eigenvalue weighted by molar-refractivity contribution is -0.114. The van der Waals surface area contributed by atoms with Crippen LogP contribution in [-0.4, -0.2) is 21.9 Å². The first-order valence-electron chi connectivity index (χ1n) is 11.6. The highest BCUT2D eigenvalue weighted by molar-refractivity contribution is 6.21. The van der Waals surface area contributed by atoms with E-state index in [9.17, 15) is 9.59 Å². The number of ketones is 1. The number of benzene rings is 2. The smallest absolute Gasteiger partial charge is 0.276 e. The van der Waals surface area contributed by atoms with Crippen molar-refractivity contribution in [2.45, 2.75) is 52.5 Å². The Morgan fingerprint density at radius 2 is 1.41 bits per heavy atom. The van der Waals surface area contributed by atoms with Gasteiger partial charge in [0.2, 0.25) is 0 Å². The van der Waals surface area contributed by atoms with Crippen LogP contribution in [0.15, 0.2) is 71.9 Å². The van der Waals surface area contributed by atoms with E-state index in [2.05, 4.69) is 37.9 Å². The van der Waals surface area contributed by atoms with Gasteiger partial charge in [-0.05, 0) is 47.6 Å². The molecule has 0 saturated heterocycles. The highest BCUT2D eigenvalue weighted by Crippen LogP contribution is 2.41. The lowest BCUT2D eigenvalue weighted by atomic mass is 9.90. The molecular weight excluding hydrogens is 424 g/mol. The molecular formula is C28H30N4O2. The third kappa shape index (κ3) is 4.23. The zero-order valence-electron chi connectivity index (χ0n) is 20.2. The van der Waals surface area contributed by atoms with Crippen LogP contribution in [0.4, 0.5) is 5.82 Å². The lowest BCUT2D eigenvalue weighted by Gasteiger charge is -2.26. The summed E-state index contributed by atoms with van der Waals surface area (Å²) in [5.41, 5.74) is 10.9. The standard InChI is InChI=1S/C28H30N4O2/c1-16(2)19-7-11-21(12-8-19)26-24(27(33)22-13-9-20(10-14-22)17(3)4)25(29)28(34)32(26)23-15-6-18(5)30-31-23/h6-17,26H,29H2,1-5H3. The Hall–Kier alpha value is -3.80. The molecule has 1 amide bonds. The molecule has 0 saturated carbocycles. The molecule has 1 unspecified atom stereocenters. The van der Waals surface area contributed by atoms with Crippen molar-refractivity contribution in [3.8, 4) is 0 Å². The molecule has 0 radical (unpaired) electrons. The topological polar surface area (TPSA) is 89.2 Å². The number of rotatable bonds is 6. The van der Waals surface area contributed by atoms with Crippen molar-refractivity contribution in [3.63, 3.8) is 0 Å². The number of aromatic nitrogens is 2. The average molecular weight is 455 g/mol. The second-order valence-corrected chi connectivity index (χ2v) is 9.37. The predicted molar refractivity (Wildman–Crippen MR) is 134 cm³/mol. The van der Waals surface area contributed by atoms with Crippen LogP contribution in [-0.2, 0) is 4.79 Å². The summed E-state index contributed by atoms with van der Waals surface area (Å²) in [6, 6.07) is 18.3. The number of hydrogen-bond donors (Lipinski definition) is 1. The Balaban J connectivity index is 1.82. The highest BCUT2D eigenvalue weighted by Gasteiger charge is 2.44. The van der Waals surface area contributed by atoms with Gasteiger partial charge in [0.05, 0.1) is 17.3 Å². The first-order chi connectivity index (χ1) is 16.2. The van der Waals surface area contributed by atoms with E-state index in [1.807, 2.05) is 43.3 Å². The third-order valence-electron chi connectivity index (χ3n) is 6.30. The molecule has 4 rings (SSSR count). The Morgan fingerprint density at radius 1 is 0.853 bits per heavy atom. The molecule has 1 aromatic heterocycles. The number of Topliss-reactive ketones (excluding diaryl/α,β-unsaturated/α-hetero) is 1. The van der Waals surface area contributed by atoms with Crippen molar-refractivity contribution in [2.24, 2.45) is 5.73 Å². The molecule has 34 heavy (non-hydrogen) atoms. The number of amides is 1. The molecule has 1 atom stereocenters. The summed E-state index contributed by atoms with van der Waals surface area (Å²) in [7, 11) is 0. The van der Waals surface area contributed by atoms with E-state index in [1.165, 1.54) is 10.5 Å². The number of carbonyl (C=O) groups is 2. The van der Waals surface area contributed by atoms with Crippen LogP contribution < -0.4 is 10.6 Å². The maximum atomic E-state index is 13.7. The Labute approximate surface area is 200 Å². The van der Waals surface area contributed by atoms with Crippen molar-refractivity contribution in [1.82, 2.24) is 10.2 Å². The predicted octanol–water partition coefficient (Wildman–Crippen LogP) is 5.22. The van der Waals surface area contributed by atoms with Gasteiger partial charge < -0.3 is 5.73 Å². The molecule has 0 spiro atoms. The van der Waals surface area contributed by atoms with Gasteiger partial charge in [0, 0.05) is 5.56 Å². The second-order valence-electron chi connectivity index (χ2n) is 9.37. The SMILES string of the molecule is Cc1ccc(N2C(=O)C(N)=C(C(=O)c3ccc(C(C)C)cc3)C2c2ccc(C(C)C)cc2)nn1. The van der Waals surface area contributed by atoms with E-state index in [1.54, 1.807) is 24.3 Å². The molecule has 2 N–H and O–H groups in total. The number of anilines is 1. The van der Waals surface area contributed by atoms with Crippen LogP contribution in [0.2, 0.25) is 0 Å². The summed E-state index contributed by atoms with van der Waals surface area (Å²) in [5, 5.41) is 8.34. The normalized spacial score (nSPS) is 16.1. The van der Waals surface area contributed by atoms with E-state index in [0.29, 0.717) is 23.2 Å².